The maximum Gasteiger partial charge on any atom is 0.0751 e. The number of aliphatic hydroxyl groups excluding tert-OH is 1. The van der Waals surface area contributed by atoms with E-state index >= 15 is 0 Å². The molecule has 1 heterocycles. The smallest absolute Gasteiger partial charge is 0.0751 e. The molecule has 1 aliphatic heterocycles. The third kappa shape index (κ3) is 2.62. The van der Waals surface area contributed by atoms with Crippen molar-refractivity contribution in [3.05, 3.63) is 65.2 Å². The van der Waals surface area contributed by atoms with Crippen molar-refractivity contribution in [2.45, 2.75) is 19.3 Å². The van der Waals surface area contributed by atoms with Crippen molar-refractivity contribution in [1.82, 2.24) is 0 Å². The van der Waals surface area contributed by atoms with Gasteiger partial charge in [-0.2, -0.15) is 0 Å². The Labute approximate surface area is 112 Å². The quantitative estimate of drug-likeness (QED) is 0.886. The highest BCUT2D eigenvalue weighted by molar-refractivity contribution is 5.48. The number of benzene rings is 2. The van der Waals surface area contributed by atoms with E-state index in [1.807, 2.05) is 30.3 Å². The predicted octanol–water partition coefficient (Wildman–Crippen LogP) is 2.86. The van der Waals surface area contributed by atoms with Gasteiger partial charge in [0.25, 0.3) is 0 Å². The van der Waals surface area contributed by atoms with Crippen LogP contribution in [0.2, 0.25) is 0 Å². The third-order valence-corrected chi connectivity index (χ3v) is 3.45. The molecule has 0 radical (unpaired) electrons. The monoisotopic (exact) mass is 255 g/mol. The molecule has 3 heteroatoms. The highest BCUT2D eigenvalue weighted by Crippen LogP contribution is 2.27. The topological polar surface area (TPSA) is 41.5 Å². The van der Waals surface area contributed by atoms with Crippen molar-refractivity contribution in [2.24, 2.45) is 0 Å². The Balaban J connectivity index is 1.80. The maximum absolute atomic E-state index is 9.04. The summed E-state index contributed by atoms with van der Waals surface area (Å²) in [5, 5.41) is 12.5. The lowest BCUT2D eigenvalue weighted by Gasteiger charge is -2.27. The van der Waals surface area contributed by atoms with Gasteiger partial charge in [0.15, 0.2) is 0 Å². The van der Waals surface area contributed by atoms with Crippen LogP contribution >= 0.6 is 0 Å². The van der Waals surface area contributed by atoms with Crippen LogP contribution < -0.4 is 5.32 Å². The van der Waals surface area contributed by atoms with Crippen molar-refractivity contribution >= 4 is 5.69 Å². The molecule has 1 atom stereocenters. The van der Waals surface area contributed by atoms with Crippen molar-refractivity contribution < 1.29 is 9.84 Å². The van der Waals surface area contributed by atoms with E-state index in [2.05, 4.69) is 23.5 Å². The van der Waals surface area contributed by atoms with E-state index in [1.54, 1.807) is 0 Å². The fourth-order valence-electron chi connectivity index (χ4n) is 2.41. The van der Waals surface area contributed by atoms with E-state index in [1.165, 1.54) is 11.1 Å². The first-order valence-corrected chi connectivity index (χ1v) is 6.49. The lowest BCUT2D eigenvalue weighted by atomic mass is 9.99. The normalized spacial score (nSPS) is 17.8. The zero-order chi connectivity index (χ0) is 13.1. The van der Waals surface area contributed by atoms with Crippen LogP contribution in [0.1, 0.15) is 22.7 Å². The van der Waals surface area contributed by atoms with Crippen LogP contribution in [-0.4, -0.2) is 11.7 Å². The zero-order valence-corrected chi connectivity index (χ0v) is 10.7. The van der Waals surface area contributed by atoms with Crippen molar-refractivity contribution in [3.8, 4) is 0 Å². The van der Waals surface area contributed by atoms with E-state index in [0.29, 0.717) is 13.2 Å². The van der Waals surface area contributed by atoms with Crippen molar-refractivity contribution in [3.63, 3.8) is 0 Å². The molecule has 0 aliphatic carbocycles. The fourth-order valence-corrected chi connectivity index (χ4v) is 2.41. The summed E-state index contributed by atoms with van der Waals surface area (Å²) in [6, 6.07) is 16.4. The van der Waals surface area contributed by atoms with Gasteiger partial charge in [0.1, 0.15) is 0 Å². The highest BCUT2D eigenvalue weighted by Gasteiger charge is 2.19. The van der Waals surface area contributed by atoms with Crippen LogP contribution in [0, 0.1) is 0 Å². The molecule has 0 bridgehead atoms. The van der Waals surface area contributed by atoms with Gasteiger partial charge in [-0.3, -0.25) is 0 Å². The zero-order valence-electron chi connectivity index (χ0n) is 10.7. The number of fused-ring (bicyclic) bond motifs is 1. The third-order valence-electron chi connectivity index (χ3n) is 3.45. The molecule has 0 amide bonds. The summed E-state index contributed by atoms with van der Waals surface area (Å²) in [6.45, 7) is 1.45. The molecule has 0 saturated carbocycles. The minimum Gasteiger partial charge on any atom is -0.392 e. The lowest BCUT2D eigenvalue weighted by Crippen LogP contribution is -2.23. The number of rotatable bonds is 3. The summed E-state index contributed by atoms with van der Waals surface area (Å²) < 4.78 is 5.62. The molecule has 0 spiro atoms. The highest BCUT2D eigenvalue weighted by atomic mass is 16.5. The molecule has 2 aromatic rings. The van der Waals surface area contributed by atoms with E-state index in [4.69, 9.17) is 9.84 Å². The van der Waals surface area contributed by atoms with Gasteiger partial charge >= 0.3 is 0 Å². The van der Waals surface area contributed by atoms with Gasteiger partial charge in [-0.15, -0.1) is 0 Å². The second-order valence-electron chi connectivity index (χ2n) is 4.77. The fraction of sp³-hybridized carbons (Fsp3) is 0.250. The minimum absolute atomic E-state index is 0.0790. The summed E-state index contributed by atoms with van der Waals surface area (Å²) >= 11 is 0. The Bertz CT molecular complexity index is 551. The first kappa shape index (κ1) is 12.2. The number of hydrogen-bond donors (Lipinski definition) is 2. The number of ether oxygens (including phenoxy) is 1. The van der Waals surface area contributed by atoms with E-state index in [9.17, 15) is 0 Å². The van der Waals surface area contributed by atoms with Crippen LogP contribution in [0.3, 0.4) is 0 Å². The van der Waals surface area contributed by atoms with Crippen LogP contribution in [-0.2, 0) is 18.0 Å². The van der Waals surface area contributed by atoms with E-state index in [0.717, 1.165) is 11.3 Å². The summed E-state index contributed by atoms with van der Waals surface area (Å²) in [5.41, 5.74) is 4.52. The molecule has 1 unspecified atom stereocenters. The van der Waals surface area contributed by atoms with E-state index < -0.39 is 0 Å². The largest absolute Gasteiger partial charge is 0.392 e. The number of nitrogens with one attached hydrogen (secondary N) is 1. The molecular weight excluding hydrogens is 238 g/mol. The minimum atomic E-state index is 0.0790. The van der Waals surface area contributed by atoms with Crippen molar-refractivity contribution in [2.75, 3.05) is 11.9 Å². The van der Waals surface area contributed by atoms with Crippen LogP contribution in [0.5, 0.6) is 0 Å². The van der Waals surface area contributed by atoms with Gasteiger partial charge in [0.05, 0.1) is 25.9 Å². The van der Waals surface area contributed by atoms with E-state index in [-0.39, 0.29) is 12.6 Å². The summed E-state index contributed by atoms with van der Waals surface area (Å²) in [7, 11) is 0. The van der Waals surface area contributed by atoms with Crippen LogP contribution in [0.25, 0.3) is 0 Å². The van der Waals surface area contributed by atoms with Crippen LogP contribution in [0.4, 0.5) is 5.69 Å². The summed E-state index contributed by atoms with van der Waals surface area (Å²) in [4.78, 5) is 0. The molecular formula is C16H17NO2. The molecule has 0 fully saturated rings. The lowest BCUT2D eigenvalue weighted by molar-refractivity contribution is 0.0970. The molecule has 2 aromatic carbocycles. The maximum atomic E-state index is 9.04. The Morgan fingerprint density at radius 2 is 1.89 bits per heavy atom. The Kier molecular flexibility index (Phi) is 3.49. The van der Waals surface area contributed by atoms with Gasteiger partial charge in [-0.1, -0.05) is 36.4 Å². The number of hydrogen-bond acceptors (Lipinski definition) is 3. The van der Waals surface area contributed by atoms with Crippen molar-refractivity contribution in [1.29, 1.82) is 0 Å². The average Bonchev–Trinajstić information content (AvgIpc) is 2.48. The van der Waals surface area contributed by atoms with Gasteiger partial charge in [0, 0.05) is 5.69 Å². The van der Waals surface area contributed by atoms with Gasteiger partial charge in [0.2, 0.25) is 0 Å². The molecule has 2 N–H and O–H groups in total. The SMILES string of the molecule is OCc1ccc(NC2COCc3ccccc32)cc1. The molecule has 1 aliphatic rings. The van der Waals surface area contributed by atoms with Gasteiger partial charge < -0.3 is 15.2 Å². The second kappa shape index (κ2) is 5.43. The Hall–Kier alpha value is -1.84. The molecule has 3 nitrogen and oxygen atoms in total. The molecule has 98 valence electrons. The number of anilines is 1. The molecule has 0 saturated heterocycles. The predicted molar refractivity (Wildman–Crippen MR) is 74.8 cm³/mol. The van der Waals surface area contributed by atoms with Crippen LogP contribution in [0.15, 0.2) is 48.5 Å². The second-order valence-corrected chi connectivity index (χ2v) is 4.77. The average molecular weight is 255 g/mol. The number of aliphatic hydroxyl groups is 1. The first-order chi connectivity index (χ1) is 9.36. The Morgan fingerprint density at radius 1 is 1.11 bits per heavy atom. The molecule has 19 heavy (non-hydrogen) atoms. The molecule has 3 rings (SSSR count). The standard InChI is InChI=1S/C16H17NO2/c18-9-12-5-7-14(8-6-12)17-16-11-19-10-13-3-1-2-4-15(13)16/h1-8,16-18H,9-11H2. The summed E-state index contributed by atoms with van der Waals surface area (Å²) in [5.74, 6) is 0. The van der Waals surface area contributed by atoms with Gasteiger partial charge in [-0.05, 0) is 28.8 Å². The first-order valence-electron chi connectivity index (χ1n) is 6.49. The Morgan fingerprint density at radius 3 is 2.68 bits per heavy atom. The summed E-state index contributed by atoms with van der Waals surface area (Å²) in [6.07, 6.45) is 0. The molecule has 0 aromatic heterocycles. The van der Waals surface area contributed by atoms with Gasteiger partial charge in [-0.25, -0.2) is 0 Å².